The zero-order valence-corrected chi connectivity index (χ0v) is 9.40. The summed E-state index contributed by atoms with van der Waals surface area (Å²) in [6, 6.07) is 2.35. The monoisotopic (exact) mass is 205 g/mol. The number of nitrogens with one attached hydrogen (secondary N) is 1. The number of nitrogen functional groups attached to an aromatic ring is 1. The number of rotatable bonds is 5. The molecule has 0 unspecified atom stereocenters. The number of nitrogens with zero attached hydrogens (tertiary/aromatic N) is 1. The molecular weight excluding hydrogens is 186 g/mol. The minimum Gasteiger partial charge on any atom is -0.398 e. The summed E-state index contributed by atoms with van der Waals surface area (Å²) in [6.07, 6.45) is 8.62. The first kappa shape index (κ1) is 11.7. The maximum Gasteiger partial charge on any atom is 0.0418 e. The molecule has 0 saturated carbocycles. The molecule has 0 atom stereocenters. The highest BCUT2D eigenvalue weighted by Gasteiger charge is 1.92. The number of anilines is 1. The first-order valence-electron chi connectivity index (χ1n) is 5.29. The number of hydrogen-bond donors (Lipinski definition) is 2. The Morgan fingerprint density at radius 2 is 2.33 bits per heavy atom. The Morgan fingerprint density at radius 1 is 1.53 bits per heavy atom. The molecule has 1 aromatic rings. The molecule has 82 valence electrons. The van der Waals surface area contributed by atoms with Gasteiger partial charge in [0.1, 0.15) is 0 Å². The summed E-state index contributed by atoms with van der Waals surface area (Å²) in [6.45, 7) is 5.28. The molecule has 3 heteroatoms. The van der Waals surface area contributed by atoms with Crippen LogP contribution in [0.4, 0.5) is 5.69 Å². The van der Waals surface area contributed by atoms with Crippen LogP contribution in [0.15, 0.2) is 24.5 Å². The molecule has 1 heterocycles. The van der Waals surface area contributed by atoms with Crippen molar-refractivity contribution in [1.82, 2.24) is 10.3 Å². The first-order valence-corrected chi connectivity index (χ1v) is 5.29. The van der Waals surface area contributed by atoms with Crippen LogP contribution < -0.4 is 11.1 Å². The highest BCUT2D eigenvalue weighted by Crippen LogP contribution is 2.10. The molecule has 0 amide bonds. The minimum atomic E-state index is 0.543. The number of pyridine rings is 1. The van der Waals surface area contributed by atoms with Crippen LogP contribution in [-0.2, 0) is 0 Å². The van der Waals surface area contributed by atoms with Crippen molar-refractivity contribution in [3.05, 3.63) is 30.1 Å². The van der Waals surface area contributed by atoms with E-state index in [0.717, 1.165) is 24.2 Å². The Labute approximate surface area is 91.4 Å². The van der Waals surface area contributed by atoms with Gasteiger partial charge in [0, 0.05) is 29.7 Å². The maximum absolute atomic E-state index is 5.78. The molecule has 0 spiro atoms. The second kappa shape index (κ2) is 6.19. The molecule has 3 N–H and O–H groups in total. The van der Waals surface area contributed by atoms with Crippen LogP contribution in [0.2, 0.25) is 0 Å². The van der Waals surface area contributed by atoms with Gasteiger partial charge in [-0.2, -0.15) is 0 Å². The maximum atomic E-state index is 5.78. The lowest BCUT2D eigenvalue weighted by Gasteiger charge is -2.05. The summed E-state index contributed by atoms with van der Waals surface area (Å²) in [7, 11) is 0. The molecule has 0 aliphatic heterocycles. The summed E-state index contributed by atoms with van der Waals surface area (Å²) < 4.78 is 0. The van der Waals surface area contributed by atoms with E-state index in [-0.39, 0.29) is 0 Å². The quantitative estimate of drug-likeness (QED) is 0.723. The second-order valence-corrected chi connectivity index (χ2v) is 3.80. The van der Waals surface area contributed by atoms with E-state index in [1.807, 2.05) is 12.1 Å². The van der Waals surface area contributed by atoms with Gasteiger partial charge in [0.25, 0.3) is 0 Å². The normalized spacial score (nSPS) is 11.4. The standard InChI is InChI=1S/C12H19N3/c1-10(2)15-7-4-3-5-11-9-14-8-6-12(11)13/h3,5-6,8-10,15H,4,7H2,1-2H3,(H2,13,14). The van der Waals surface area contributed by atoms with Gasteiger partial charge in [-0.1, -0.05) is 26.0 Å². The van der Waals surface area contributed by atoms with Crippen molar-refractivity contribution in [3.8, 4) is 0 Å². The number of aromatic nitrogens is 1. The SMILES string of the molecule is CC(C)NCCC=Cc1cnccc1N. The highest BCUT2D eigenvalue weighted by molar-refractivity contribution is 5.62. The van der Waals surface area contributed by atoms with E-state index < -0.39 is 0 Å². The molecule has 3 nitrogen and oxygen atoms in total. The fourth-order valence-electron chi connectivity index (χ4n) is 1.22. The molecule has 0 fully saturated rings. The lowest BCUT2D eigenvalue weighted by atomic mass is 10.2. The third-order valence-electron chi connectivity index (χ3n) is 2.05. The third-order valence-corrected chi connectivity index (χ3v) is 2.05. The summed E-state index contributed by atoms with van der Waals surface area (Å²) >= 11 is 0. The van der Waals surface area contributed by atoms with Crippen molar-refractivity contribution in [2.45, 2.75) is 26.3 Å². The molecule has 1 rings (SSSR count). The van der Waals surface area contributed by atoms with Crippen molar-refractivity contribution in [1.29, 1.82) is 0 Å². The van der Waals surface area contributed by atoms with Crippen LogP contribution in [0.3, 0.4) is 0 Å². The fourth-order valence-corrected chi connectivity index (χ4v) is 1.22. The Bertz CT molecular complexity index is 318. The second-order valence-electron chi connectivity index (χ2n) is 3.80. The van der Waals surface area contributed by atoms with Crippen molar-refractivity contribution in [3.63, 3.8) is 0 Å². The van der Waals surface area contributed by atoms with E-state index in [2.05, 4.69) is 30.2 Å². The van der Waals surface area contributed by atoms with Gasteiger partial charge >= 0.3 is 0 Å². The predicted molar refractivity (Wildman–Crippen MR) is 65.4 cm³/mol. The van der Waals surface area contributed by atoms with Gasteiger partial charge in [0.05, 0.1) is 0 Å². The summed E-state index contributed by atoms with van der Waals surface area (Å²) in [5, 5.41) is 3.35. The molecular formula is C12H19N3. The summed E-state index contributed by atoms with van der Waals surface area (Å²) in [4.78, 5) is 4.03. The highest BCUT2D eigenvalue weighted by atomic mass is 14.9. The number of nitrogens with two attached hydrogens (primary N) is 1. The van der Waals surface area contributed by atoms with Crippen LogP contribution in [0, 0.1) is 0 Å². The van der Waals surface area contributed by atoms with Crippen molar-refractivity contribution >= 4 is 11.8 Å². The van der Waals surface area contributed by atoms with Gasteiger partial charge in [0.2, 0.25) is 0 Å². The van der Waals surface area contributed by atoms with E-state index in [4.69, 9.17) is 5.73 Å². The van der Waals surface area contributed by atoms with Crippen molar-refractivity contribution in [2.24, 2.45) is 0 Å². The average molecular weight is 205 g/mol. The minimum absolute atomic E-state index is 0.543. The molecule has 0 aliphatic carbocycles. The molecule has 15 heavy (non-hydrogen) atoms. The Balaban J connectivity index is 2.35. The van der Waals surface area contributed by atoms with Gasteiger partial charge in [-0.25, -0.2) is 0 Å². The van der Waals surface area contributed by atoms with Gasteiger partial charge in [-0.15, -0.1) is 0 Å². The number of hydrogen-bond acceptors (Lipinski definition) is 3. The largest absolute Gasteiger partial charge is 0.398 e. The van der Waals surface area contributed by atoms with Crippen LogP contribution >= 0.6 is 0 Å². The van der Waals surface area contributed by atoms with Crippen LogP contribution in [0.5, 0.6) is 0 Å². The van der Waals surface area contributed by atoms with Crippen molar-refractivity contribution < 1.29 is 0 Å². The summed E-state index contributed by atoms with van der Waals surface area (Å²) in [5.74, 6) is 0. The predicted octanol–water partition coefficient (Wildman–Crippen LogP) is 2.07. The molecule has 0 aliphatic rings. The van der Waals surface area contributed by atoms with E-state index in [9.17, 15) is 0 Å². The van der Waals surface area contributed by atoms with Crippen molar-refractivity contribution in [2.75, 3.05) is 12.3 Å². The zero-order valence-electron chi connectivity index (χ0n) is 9.40. The van der Waals surface area contributed by atoms with E-state index in [1.165, 1.54) is 0 Å². The van der Waals surface area contributed by atoms with E-state index >= 15 is 0 Å². The summed E-state index contributed by atoms with van der Waals surface area (Å²) in [5.41, 5.74) is 7.54. The van der Waals surface area contributed by atoms with Gasteiger partial charge in [-0.3, -0.25) is 4.98 Å². The lowest BCUT2D eigenvalue weighted by molar-refractivity contribution is 0.595. The van der Waals surface area contributed by atoms with E-state index in [1.54, 1.807) is 12.4 Å². The zero-order chi connectivity index (χ0) is 11.1. The fraction of sp³-hybridized carbons (Fsp3) is 0.417. The van der Waals surface area contributed by atoms with E-state index in [0.29, 0.717) is 6.04 Å². The Hall–Kier alpha value is -1.35. The third kappa shape index (κ3) is 4.61. The smallest absolute Gasteiger partial charge is 0.0418 e. The Kier molecular flexibility index (Phi) is 4.84. The van der Waals surface area contributed by atoms with Gasteiger partial charge in [0.15, 0.2) is 0 Å². The Morgan fingerprint density at radius 3 is 3.00 bits per heavy atom. The van der Waals surface area contributed by atoms with Crippen LogP contribution in [0.1, 0.15) is 25.8 Å². The molecule has 1 aromatic heterocycles. The molecule has 0 radical (unpaired) electrons. The van der Waals surface area contributed by atoms with Gasteiger partial charge in [-0.05, 0) is 19.0 Å². The molecule has 0 bridgehead atoms. The first-order chi connectivity index (χ1) is 7.20. The molecule has 0 aromatic carbocycles. The topological polar surface area (TPSA) is 50.9 Å². The lowest BCUT2D eigenvalue weighted by Crippen LogP contribution is -2.23. The average Bonchev–Trinajstić information content (AvgIpc) is 2.20. The molecule has 0 saturated heterocycles. The van der Waals surface area contributed by atoms with Gasteiger partial charge < -0.3 is 11.1 Å². The van der Waals surface area contributed by atoms with Crippen LogP contribution in [-0.4, -0.2) is 17.6 Å². The van der Waals surface area contributed by atoms with Crippen LogP contribution in [0.25, 0.3) is 6.08 Å².